The molecule has 1 aliphatic rings. The molecule has 0 saturated carbocycles. The Morgan fingerprint density at radius 1 is 0.811 bits per heavy atom. The standard InChI is InChI=1S/C36H48Si/c1-8-9-15-32(36-24-22-35(23-25-36)31-16-11-10-12-17-31)20-21-33-18-13-14-19-34(33)26-27-37(28(2)3,29(4)5)30(6)7/h10-12,16-17,21-25,28-30H,8-9,13-15,18-19H2,1-7H3. The monoisotopic (exact) mass is 508 g/mol. The molecule has 1 aliphatic carbocycles. The van der Waals surface area contributed by atoms with E-state index >= 15 is 0 Å². The fourth-order valence-electron chi connectivity index (χ4n) is 6.17. The van der Waals surface area contributed by atoms with E-state index < -0.39 is 8.07 Å². The second kappa shape index (κ2) is 13.9. The topological polar surface area (TPSA) is 0 Å². The van der Waals surface area contributed by atoms with Gasteiger partial charge in [0.05, 0.1) is 0 Å². The lowest BCUT2D eigenvalue weighted by atomic mass is 9.91. The molecule has 0 heterocycles. The largest absolute Gasteiger partial charge is 0.146 e. The van der Waals surface area contributed by atoms with Crippen LogP contribution in [0.15, 0.2) is 77.6 Å². The number of unbranched alkanes of at least 4 members (excludes halogenated alkanes) is 1. The molecule has 0 amide bonds. The highest BCUT2D eigenvalue weighted by Crippen LogP contribution is 2.41. The van der Waals surface area contributed by atoms with Gasteiger partial charge in [0.25, 0.3) is 0 Å². The molecule has 0 atom stereocenters. The van der Waals surface area contributed by atoms with Crippen LogP contribution in [0.25, 0.3) is 16.7 Å². The third-order valence-corrected chi connectivity index (χ3v) is 14.6. The molecule has 0 fully saturated rings. The molecule has 0 N–H and O–H groups in total. The number of benzene rings is 2. The first kappa shape index (κ1) is 29.0. The van der Waals surface area contributed by atoms with E-state index in [9.17, 15) is 0 Å². The Hall–Kier alpha value is -2.52. The van der Waals surface area contributed by atoms with Gasteiger partial charge < -0.3 is 0 Å². The van der Waals surface area contributed by atoms with Crippen LogP contribution >= 0.6 is 0 Å². The highest BCUT2D eigenvalue weighted by molar-refractivity contribution is 6.90. The number of allylic oxidation sites excluding steroid dienone is 3. The Morgan fingerprint density at radius 3 is 2.00 bits per heavy atom. The third kappa shape index (κ3) is 7.28. The molecule has 0 saturated heterocycles. The predicted molar refractivity (Wildman–Crippen MR) is 167 cm³/mol. The molecule has 2 aromatic carbocycles. The van der Waals surface area contributed by atoms with Crippen LogP contribution < -0.4 is 0 Å². The number of hydrogen-bond donors (Lipinski definition) is 0. The Morgan fingerprint density at radius 2 is 1.41 bits per heavy atom. The molecule has 0 aromatic heterocycles. The first-order chi connectivity index (χ1) is 17.8. The molecule has 0 spiro atoms. The molecule has 0 nitrogen and oxygen atoms in total. The maximum absolute atomic E-state index is 3.98. The predicted octanol–water partition coefficient (Wildman–Crippen LogP) is 11.2. The minimum absolute atomic E-state index is 0.669. The van der Waals surface area contributed by atoms with E-state index in [-0.39, 0.29) is 0 Å². The lowest BCUT2D eigenvalue weighted by molar-refractivity contribution is 0.696. The van der Waals surface area contributed by atoms with Crippen molar-refractivity contribution in [2.24, 2.45) is 0 Å². The zero-order chi connectivity index (χ0) is 26.8. The van der Waals surface area contributed by atoms with Crippen LogP contribution in [-0.2, 0) is 0 Å². The molecule has 37 heavy (non-hydrogen) atoms. The molecular weight excluding hydrogens is 460 g/mol. The number of hydrogen-bond acceptors (Lipinski definition) is 0. The molecule has 196 valence electrons. The summed E-state index contributed by atoms with van der Waals surface area (Å²) in [5, 5.41) is 0. The Bertz CT molecular complexity index is 1130. The minimum atomic E-state index is -1.72. The van der Waals surface area contributed by atoms with Crippen LogP contribution in [-0.4, -0.2) is 8.07 Å². The molecule has 3 rings (SSSR count). The van der Waals surface area contributed by atoms with E-state index in [0.717, 1.165) is 19.3 Å². The minimum Gasteiger partial charge on any atom is -0.125 e. The summed E-state index contributed by atoms with van der Waals surface area (Å²) in [4.78, 5) is 0. The zero-order valence-electron chi connectivity index (χ0n) is 24.5. The van der Waals surface area contributed by atoms with E-state index in [0.29, 0.717) is 16.6 Å². The summed E-state index contributed by atoms with van der Waals surface area (Å²) >= 11 is 0. The van der Waals surface area contributed by atoms with Crippen molar-refractivity contribution in [1.29, 1.82) is 0 Å². The van der Waals surface area contributed by atoms with E-state index in [1.807, 2.05) is 0 Å². The molecule has 0 bridgehead atoms. The van der Waals surface area contributed by atoms with Gasteiger partial charge in [0.15, 0.2) is 0 Å². The first-order valence-electron chi connectivity index (χ1n) is 14.7. The molecule has 0 unspecified atom stereocenters. The van der Waals surface area contributed by atoms with Crippen molar-refractivity contribution >= 4 is 13.6 Å². The maximum atomic E-state index is 3.98. The first-order valence-corrected chi connectivity index (χ1v) is 16.9. The van der Waals surface area contributed by atoms with Crippen LogP contribution in [0.4, 0.5) is 0 Å². The fourth-order valence-corrected chi connectivity index (χ4v) is 11.4. The summed E-state index contributed by atoms with van der Waals surface area (Å²) < 4.78 is 0. The van der Waals surface area contributed by atoms with Crippen molar-refractivity contribution < 1.29 is 0 Å². The third-order valence-electron chi connectivity index (χ3n) is 8.35. The lowest BCUT2D eigenvalue weighted by Gasteiger charge is -2.38. The van der Waals surface area contributed by atoms with E-state index in [4.69, 9.17) is 0 Å². The van der Waals surface area contributed by atoms with Crippen LogP contribution in [0.5, 0.6) is 0 Å². The van der Waals surface area contributed by atoms with Gasteiger partial charge in [-0.15, -0.1) is 11.3 Å². The van der Waals surface area contributed by atoms with Gasteiger partial charge in [0.2, 0.25) is 0 Å². The van der Waals surface area contributed by atoms with Gasteiger partial charge >= 0.3 is 0 Å². The van der Waals surface area contributed by atoms with Crippen molar-refractivity contribution in [3.63, 3.8) is 0 Å². The van der Waals surface area contributed by atoms with Crippen molar-refractivity contribution in [1.82, 2.24) is 0 Å². The smallest absolute Gasteiger partial charge is 0.125 e. The summed E-state index contributed by atoms with van der Waals surface area (Å²) in [6.07, 6.45) is 10.5. The lowest BCUT2D eigenvalue weighted by Crippen LogP contribution is -2.43. The van der Waals surface area contributed by atoms with E-state index in [2.05, 4.69) is 126 Å². The van der Waals surface area contributed by atoms with Gasteiger partial charge in [0.1, 0.15) is 8.07 Å². The summed E-state index contributed by atoms with van der Waals surface area (Å²) in [7, 11) is -1.72. The molecule has 0 aliphatic heterocycles. The quantitative estimate of drug-likeness (QED) is 0.179. The van der Waals surface area contributed by atoms with Gasteiger partial charge in [-0.3, -0.25) is 0 Å². The van der Waals surface area contributed by atoms with Gasteiger partial charge in [-0.1, -0.05) is 115 Å². The van der Waals surface area contributed by atoms with Gasteiger partial charge in [-0.2, -0.15) is 0 Å². The second-order valence-corrected chi connectivity index (χ2v) is 17.3. The average Bonchev–Trinajstić information content (AvgIpc) is 2.90. The van der Waals surface area contributed by atoms with E-state index in [1.54, 1.807) is 0 Å². The zero-order valence-corrected chi connectivity index (χ0v) is 25.5. The van der Waals surface area contributed by atoms with E-state index in [1.165, 1.54) is 59.1 Å². The Labute approximate surface area is 229 Å². The number of rotatable bonds is 9. The highest BCUT2D eigenvalue weighted by Gasteiger charge is 2.41. The average molecular weight is 509 g/mol. The summed E-state index contributed by atoms with van der Waals surface area (Å²) in [5.74, 6) is 3.80. The maximum Gasteiger partial charge on any atom is 0.146 e. The van der Waals surface area contributed by atoms with Gasteiger partial charge in [-0.25, -0.2) is 0 Å². The van der Waals surface area contributed by atoms with Crippen molar-refractivity contribution in [3.05, 3.63) is 83.1 Å². The summed E-state index contributed by atoms with van der Waals surface area (Å²) in [6.45, 7) is 16.7. The Balaban J connectivity index is 2.01. The molecule has 2 aromatic rings. The van der Waals surface area contributed by atoms with Crippen LogP contribution in [0.1, 0.15) is 99.0 Å². The second-order valence-electron chi connectivity index (χ2n) is 11.7. The Kier molecular flexibility index (Phi) is 10.9. The van der Waals surface area contributed by atoms with Gasteiger partial charge in [0, 0.05) is 11.1 Å². The summed E-state index contributed by atoms with van der Waals surface area (Å²) in [6, 6.07) is 19.7. The normalized spacial score (nSPS) is 14.0. The molecule has 0 radical (unpaired) electrons. The van der Waals surface area contributed by atoms with Crippen LogP contribution in [0, 0.1) is 11.5 Å². The fraction of sp³-hybridized carbons (Fsp3) is 0.472. The van der Waals surface area contributed by atoms with Crippen molar-refractivity contribution in [2.45, 2.75) is 110 Å². The van der Waals surface area contributed by atoms with Gasteiger partial charge in [-0.05, 0) is 83.5 Å². The summed E-state index contributed by atoms with van der Waals surface area (Å²) in [5.41, 5.74) is 17.7. The molecule has 1 heteroatoms. The SMILES string of the molecule is CCCCC(=C=CC1=C(C#C[Si](C(C)C)(C(C)C)C(C)C)CCCC1)c1ccc(-c2ccccc2)cc1. The highest BCUT2D eigenvalue weighted by atomic mass is 28.3. The molecular formula is C36H48Si. The van der Waals surface area contributed by atoms with Crippen molar-refractivity contribution in [3.8, 4) is 22.6 Å². The van der Waals surface area contributed by atoms with Crippen LogP contribution in [0.2, 0.25) is 16.6 Å². The van der Waals surface area contributed by atoms with Crippen molar-refractivity contribution in [2.75, 3.05) is 0 Å². The van der Waals surface area contributed by atoms with Crippen LogP contribution in [0.3, 0.4) is 0 Å².